The summed E-state index contributed by atoms with van der Waals surface area (Å²) < 4.78 is 0. The van der Waals surface area contributed by atoms with E-state index < -0.39 is 0 Å². The van der Waals surface area contributed by atoms with Gasteiger partial charge in [0.1, 0.15) is 5.78 Å². The third-order valence-electron chi connectivity index (χ3n) is 0.999. The van der Waals surface area contributed by atoms with Gasteiger partial charge in [-0.3, -0.25) is 4.79 Å². The minimum Gasteiger partial charge on any atom is -0.304 e. The molecular weight excluding hydrogens is 138 g/mol. The summed E-state index contributed by atoms with van der Waals surface area (Å²) in [5, 5.41) is 0. The third kappa shape index (κ3) is 17.6. The zero-order valence-corrected chi connectivity index (χ0v) is 7.68. The molecule has 0 aromatic heterocycles. The van der Waals surface area contributed by atoms with E-state index in [1.165, 1.54) is 0 Å². The van der Waals surface area contributed by atoms with Gasteiger partial charge in [-0.1, -0.05) is 19.1 Å². The molecule has 11 heavy (non-hydrogen) atoms. The van der Waals surface area contributed by atoms with E-state index in [4.69, 9.17) is 0 Å². The smallest absolute Gasteiger partial charge is 0.133 e. The van der Waals surface area contributed by atoms with Gasteiger partial charge < -0.3 is 4.99 Å². The lowest BCUT2D eigenvalue weighted by Crippen LogP contribution is -1.90. The minimum absolute atomic E-state index is 0.205. The van der Waals surface area contributed by atoms with Crippen LogP contribution in [0.25, 0.3) is 0 Å². The van der Waals surface area contributed by atoms with Crippen molar-refractivity contribution in [3.63, 3.8) is 0 Å². The molecule has 64 valence electrons. The maximum Gasteiger partial charge on any atom is 0.133 e. The van der Waals surface area contributed by atoms with Crippen molar-refractivity contribution >= 4 is 12.5 Å². The Morgan fingerprint density at radius 3 is 2.00 bits per heavy atom. The van der Waals surface area contributed by atoms with Crippen LogP contribution in [-0.4, -0.2) is 19.5 Å². The lowest BCUT2D eigenvalue weighted by Gasteiger charge is -1.93. The van der Waals surface area contributed by atoms with E-state index in [-0.39, 0.29) is 5.78 Å². The van der Waals surface area contributed by atoms with Crippen LogP contribution in [0.5, 0.6) is 0 Å². The minimum atomic E-state index is 0.205. The predicted octanol–water partition coefficient (Wildman–Crippen LogP) is 2.25. The maximum atomic E-state index is 10.4. The van der Waals surface area contributed by atoms with Crippen LogP contribution < -0.4 is 0 Å². The van der Waals surface area contributed by atoms with Crippen molar-refractivity contribution < 1.29 is 4.79 Å². The molecule has 0 N–H and O–H groups in total. The molecule has 0 bridgehead atoms. The van der Waals surface area contributed by atoms with Crippen LogP contribution in [-0.2, 0) is 4.79 Å². The monoisotopic (exact) mass is 155 g/mol. The van der Waals surface area contributed by atoms with Crippen molar-refractivity contribution in [2.75, 3.05) is 7.05 Å². The van der Waals surface area contributed by atoms with E-state index in [0.717, 1.165) is 12.0 Å². The maximum absolute atomic E-state index is 10.4. The number of nitrogens with zero attached hydrogens (tertiary/aromatic N) is 1. The van der Waals surface area contributed by atoms with Gasteiger partial charge in [-0.05, 0) is 20.1 Å². The Morgan fingerprint density at radius 1 is 1.55 bits per heavy atom. The van der Waals surface area contributed by atoms with Gasteiger partial charge in [0.05, 0.1) is 0 Å². The summed E-state index contributed by atoms with van der Waals surface area (Å²) in [5.41, 5.74) is 1.03. The highest BCUT2D eigenvalue weighted by molar-refractivity contribution is 5.77. The molecular formula is C9H17NO. The summed E-state index contributed by atoms with van der Waals surface area (Å²) in [6.45, 7) is 10.4. The van der Waals surface area contributed by atoms with Gasteiger partial charge in [-0.15, -0.1) is 0 Å². The van der Waals surface area contributed by atoms with Crippen LogP contribution in [0.1, 0.15) is 26.7 Å². The number of hydrogen-bond acceptors (Lipinski definition) is 2. The molecule has 0 fully saturated rings. The average molecular weight is 155 g/mol. The Hall–Kier alpha value is -0.920. The zero-order valence-electron chi connectivity index (χ0n) is 7.68. The molecule has 0 atom stereocenters. The Kier molecular flexibility index (Phi) is 10.5. The Balaban J connectivity index is 0. The molecule has 0 spiro atoms. The Bertz CT molecular complexity index is 138. The van der Waals surface area contributed by atoms with Gasteiger partial charge in [0.2, 0.25) is 0 Å². The van der Waals surface area contributed by atoms with Crippen molar-refractivity contribution in [1.29, 1.82) is 0 Å². The molecule has 0 aromatic carbocycles. The number of hydrogen-bond donors (Lipinski definition) is 0. The van der Waals surface area contributed by atoms with Crippen molar-refractivity contribution in [1.82, 2.24) is 0 Å². The second-order valence-electron chi connectivity index (χ2n) is 2.30. The fourth-order valence-electron chi connectivity index (χ4n) is 0.477. The first-order chi connectivity index (χ1) is 5.08. The summed E-state index contributed by atoms with van der Waals surface area (Å²) in [6.07, 6.45) is 1.47. The molecule has 2 nitrogen and oxygen atoms in total. The molecule has 0 aliphatic carbocycles. The summed E-state index contributed by atoms with van der Waals surface area (Å²) >= 11 is 0. The van der Waals surface area contributed by atoms with Crippen molar-refractivity contribution in [3.05, 3.63) is 12.2 Å². The van der Waals surface area contributed by atoms with Gasteiger partial charge in [-0.2, -0.15) is 0 Å². The molecule has 0 radical (unpaired) electrons. The van der Waals surface area contributed by atoms with E-state index in [1.54, 1.807) is 14.0 Å². The standard InChI is InChI=1S/C7H12O.C2H5N/c1-4-6(2)5-7(3)8;1-3-2/h2,4-5H2,1,3H3;1H2,2H3. The van der Waals surface area contributed by atoms with Crippen LogP contribution in [0.3, 0.4) is 0 Å². The van der Waals surface area contributed by atoms with Gasteiger partial charge in [0.25, 0.3) is 0 Å². The van der Waals surface area contributed by atoms with Crippen LogP contribution in [0.15, 0.2) is 17.1 Å². The second-order valence-corrected chi connectivity index (χ2v) is 2.30. The molecule has 2 heteroatoms. The first-order valence-electron chi connectivity index (χ1n) is 3.59. The number of Topliss-reactive ketones (excluding diaryl/α,β-unsaturated/α-hetero) is 1. The fraction of sp³-hybridized carbons (Fsp3) is 0.556. The largest absolute Gasteiger partial charge is 0.304 e. The summed E-state index contributed by atoms with van der Waals surface area (Å²) in [6, 6.07) is 0. The predicted molar refractivity (Wildman–Crippen MR) is 50.2 cm³/mol. The van der Waals surface area contributed by atoms with Crippen LogP contribution in [0, 0.1) is 0 Å². The lowest BCUT2D eigenvalue weighted by molar-refractivity contribution is -0.116. The SMILES string of the molecule is C=C(CC)CC(C)=O.C=NC. The molecule has 0 unspecified atom stereocenters. The van der Waals surface area contributed by atoms with E-state index in [1.807, 2.05) is 6.92 Å². The number of aliphatic imine (C=N–C) groups is 1. The second kappa shape index (κ2) is 9.08. The van der Waals surface area contributed by atoms with Crippen molar-refractivity contribution in [2.24, 2.45) is 4.99 Å². The molecule has 0 aliphatic rings. The number of ketones is 1. The van der Waals surface area contributed by atoms with E-state index in [0.29, 0.717) is 6.42 Å². The quantitative estimate of drug-likeness (QED) is 0.454. The first kappa shape index (κ1) is 12.7. The topological polar surface area (TPSA) is 29.4 Å². The Morgan fingerprint density at radius 2 is 1.91 bits per heavy atom. The van der Waals surface area contributed by atoms with E-state index in [9.17, 15) is 4.79 Å². The van der Waals surface area contributed by atoms with Crippen molar-refractivity contribution in [3.8, 4) is 0 Å². The Labute approximate surface area is 69.0 Å². The highest BCUT2D eigenvalue weighted by atomic mass is 16.1. The van der Waals surface area contributed by atoms with E-state index in [2.05, 4.69) is 18.3 Å². The van der Waals surface area contributed by atoms with Gasteiger partial charge in [0.15, 0.2) is 0 Å². The fourth-order valence-corrected chi connectivity index (χ4v) is 0.477. The van der Waals surface area contributed by atoms with Crippen LogP contribution in [0.2, 0.25) is 0 Å². The van der Waals surface area contributed by atoms with Crippen molar-refractivity contribution in [2.45, 2.75) is 26.7 Å². The molecule has 0 heterocycles. The summed E-state index contributed by atoms with van der Waals surface area (Å²) in [5.74, 6) is 0.205. The number of allylic oxidation sites excluding steroid dienone is 1. The van der Waals surface area contributed by atoms with E-state index >= 15 is 0 Å². The van der Waals surface area contributed by atoms with Gasteiger partial charge in [-0.25, -0.2) is 0 Å². The molecule has 0 aromatic rings. The summed E-state index contributed by atoms with van der Waals surface area (Å²) in [7, 11) is 1.64. The third-order valence-corrected chi connectivity index (χ3v) is 0.999. The molecule has 0 aliphatic heterocycles. The molecule has 0 saturated heterocycles. The van der Waals surface area contributed by atoms with Gasteiger partial charge >= 0.3 is 0 Å². The molecule has 0 saturated carbocycles. The average Bonchev–Trinajstić information content (AvgIpc) is 1.88. The molecule has 0 rings (SSSR count). The van der Waals surface area contributed by atoms with Crippen LogP contribution >= 0.6 is 0 Å². The number of rotatable bonds is 3. The normalized spacial score (nSPS) is 7.55. The highest BCUT2D eigenvalue weighted by Gasteiger charge is 1.93. The summed E-state index contributed by atoms with van der Waals surface area (Å²) in [4.78, 5) is 13.6. The number of carbonyl (C=O) groups excluding carboxylic acids is 1. The number of carbonyl (C=O) groups is 1. The molecule has 0 amide bonds. The zero-order chi connectivity index (χ0) is 9.28. The first-order valence-corrected chi connectivity index (χ1v) is 3.59. The van der Waals surface area contributed by atoms with Crippen LogP contribution in [0.4, 0.5) is 0 Å². The lowest BCUT2D eigenvalue weighted by atomic mass is 10.1. The highest BCUT2D eigenvalue weighted by Crippen LogP contribution is 2.01. The van der Waals surface area contributed by atoms with Gasteiger partial charge in [0, 0.05) is 13.5 Å².